The zero-order chi connectivity index (χ0) is 15.0. The van der Waals surface area contributed by atoms with Crippen LogP contribution in [-0.2, 0) is 14.3 Å². The van der Waals surface area contributed by atoms with E-state index < -0.39 is 6.10 Å². The van der Waals surface area contributed by atoms with Gasteiger partial charge in [-0.05, 0) is 38.0 Å². The van der Waals surface area contributed by atoms with Crippen molar-refractivity contribution < 1.29 is 14.3 Å². The summed E-state index contributed by atoms with van der Waals surface area (Å²) in [6, 6.07) is 5.41. The van der Waals surface area contributed by atoms with Gasteiger partial charge in [0.25, 0.3) is 5.91 Å². The van der Waals surface area contributed by atoms with Crippen LogP contribution in [0.1, 0.15) is 25.8 Å². The molecular formula is C15H24N2O3. The number of hydrogen-bond donors (Lipinski definition) is 2. The van der Waals surface area contributed by atoms with Crippen molar-refractivity contribution in [1.29, 1.82) is 0 Å². The molecule has 0 radical (unpaired) electrons. The topological polar surface area (TPSA) is 73.6 Å². The van der Waals surface area contributed by atoms with Gasteiger partial charge >= 0.3 is 0 Å². The average molecular weight is 280 g/mol. The summed E-state index contributed by atoms with van der Waals surface area (Å²) in [5.41, 5.74) is 8.00. The SMILES string of the molecule is CCCOCCOC(C)C(=O)Nc1cc(N)ccc1C. The Balaban J connectivity index is 2.39. The summed E-state index contributed by atoms with van der Waals surface area (Å²) in [6.07, 6.45) is 0.450. The van der Waals surface area contributed by atoms with Gasteiger partial charge in [0.1, 0.15) is 6.10 Å². The van der Waals surface area contributed by atoms with Crippen LogP contribution in [0.3, 0.4) is 0 Å². The molecule has 1 rings (SSSR count). The summed E-state index contributed by atoms with van der Waals surface area (Å²) in [7, 11) is 0. The molecule has 0 aliphatic rings. The molecule has 1 unspecified atom stereocenters. The highest BCUT2D eigenvalue weighted by molar-refractivity contribution is 5.95. The van der Waals surface area contributed by atoms with E-state index in [2.05, 4.69) is 5.32 Å². The molecule has 0 saturated carbocycles. The Labute approximate surface area is 120 Å². The van der Waals surface area contributed by atoms with Crippen molar-refractivity contribution in [3.63, 3.8) is 0 Å². The van der Waals surface area contributed by atoms with Gasteiger partial charge in [0.2, 0.25) is 0 Å². The first-order chi connectivity index (χ1) is 9.54. The van der Waals surface area contributed by atoms with Crippen LogP contribution < -0.4 is 11.1 Å². The molecule has 0 aliphatic carbocycles. The molecule has 5 heteroatoms. The maximum Gasteiger partial charge on any atom is 0.253 e. The van der Waals surface area contributed by atoms with Crippen LogP contribution in [-0.4, -0.2) is 31.8 Å². The predicted octanol–water partition coefficient (Wildman–Crippen LogP) is 2.35. The molecule has 20 heavy (non-hydrogen) atoms. The number of carbonyl (C=O) groups is 1. The van der Waals surface area contributed by atoms with Gasteiger partial charge in [-0.3, -0.25) is 4.79 Å². The number of carbonyl (C=O) groups excluding carboxylic acids is 1. The molecule has 0 bridgehead atoms. The number of nitrogens with one attached hydrogen (secondary N) is 1. The third kappa shape index (κ3) is 5.59. The van der Waals surface area contributed by atoms with E-state index in [1.165, 1.54) is 0 Å². The summed E-state index contributed by atoms with van der Waals surface area (Å²) in [4.78, 5) is 12.0. The number of hydrogen-bond acceptors (Lipinski definition) is 4. The van der Waals surface area contributed by atoms with Crippen LogP contribution in [0.4, 0.5) is 11.4 Å². The summed E-state index contributed by atoms with van der Waals surface area (Å²) < 4.78 is 10.7. The first kappa shape index (κ1) is 16.5. The number of anilines is 2. The number of aryl methyl sites for hydroxylation is 1. The fraction of sp³-hybridized carbons (Fsp3) is 0.533. The zero-order valence-corrected chi connectivity index (χ0v) is 12.4. The minimum Gasteiger partial charge on any atom is -0.399 e. The first-order valence-electron chi connectivity index (χ1n) is 6.91. The summed E-state index contributed by atoms with van der Waals surface area (Å²) in [5.74, 6) is -0.186. The highest BCUT2D eigenvalue weighted by atomic mass is 16.5. The van der Waals surface area contributed by atoms with Crippen LogP contribution in [0, 0.1) is 6.92 Å². The molecule has 0 fully saturated rings. The molecule has 5 nitrogen and oxygen atoms in total. The van der Waals surface area contributed by atoms with Crippen molar-refractivity contribution in [2.24, 2.45) is 0 Å². The first-order valence-corrected chi connectivity index (χ1v) is 6.91. The van der Waals surface area contributed by atoms with Gasteiger partial charge in [0.05, 0.1) is 13.2 Å². The standard InChI is InChI=1S/C15H24N2O3/c1-4-7-19-8-9-20-12(3)15(18)17-14-10-13(16)6-5-11(14)2/h5-6,10,12H,4,7-9,16H2,1-3H3,(H,17,18). The zero-order valence-electron chi connectivity index (χ0n) is 12.4. The number of nitrogens with two attached hydrogens (primary N) is 1. The Bertz CT molecular complexity index is 435. The lowest BCUT2D eigenvalue weighted by Gasteiger charge is -2.15. The highest BCUT2D eigenvalue weighted by Crippen LogP contribution is 2.18. The fourth-order valence-corrected chi connectivity index (χ4v) is 1.61. The van der Waals surface area contributed by atoms with E-state index in [0.29, 0.717) is 31.2 Å². The third-order valence-corrected chi connectivity index (χ3v) is 2.83. The van der Waals surface area contributed by atoms with Gasteiger partial charge in [0.15, 0.2) is 0 Å². The normalized spacial score (nSPS) is 12.2. The molecule has 0 aromatic heterocycles. The minimum atomic E-state index is -0.527. The van der Waals surface area contributed by atoms with Gasteiger partial charge in [-0.2, -0.15) is 0 Å². The molecule has 0 heterocycles. The Hall–Kier alpha value is -1.59. The highest BCUT2D eigenvalue weighted by Gasteiger charge is 2.14. The van der Waals surface area contributed by atoms with E-state index >= 15 is 0 Å². The van der Waals surface area contributed by atoms with Crippen LogP contribution in [0.5, 0.6) is 0 Å². The quantitative estimate of drug-likeness (QED) is 0.566. The van der Waals surface area contributed by atoms with E-state index in [4.69, 9.17) is 15.2 Å². The van der Waals surface area contributed by atoms with Gasteiger partial charge in [0, 0.05) is 18.0 Å². The molecule has 112 valence electrons. The van der Waals surface area contributed by atoms with E-state index in [0.717, 1.165) is 12.0 Å². The van der Waals surface area contributed by atoms with E-state index in [9.17, 15) is 4.79 Å². The van der Waals surface area contributed by atoms with Crippen molar-refractivity contribution in [3.05, 3.63) is 23.8 Å². The lowest BCUT2D eigenvalue weighted by Crippen LogP contribution is -2.29. The van der Waals surface area contributed by atoms with E-state index in [-0.39, 0.29) is 5.91 Å². The van der Waals surface area contributed by atoms with Crippen LogP contribution >= 0.6 is 0 Å². The van der Waals surface area contributed by atoms with Crippen LogP contribution in [0.25, 0.3) is 0 Å². The van der Waals surface area contributed by atoms with E-state index in [1.807, 2.05) is 19.9 Å². The smallest absolute Gasteiger partial charge is 0.253 e. The lowest BCUT2D eigenvalue weighted by atomic mass is 10.2. The van der Waals surface area contributed by atoms with E-state index in [1.54, 1.807) is 19.1 Å². The van der Waals surface area contributed by atoms with Gasteiger partial charge in [-0.1, -0.05) is 13.0 Å². The number of amides is 1. The molecule has 3 N–H and O–H groups in total. The van der Waals surface area contributed by atoms with Crippen LogP contribution in [0.2, 0.25) is 0 Å². The molecule has 0 spiro atoms. The number of ether oxygens (including phenoxy) is 2. The second-order valence-corrected chi connectivity index (χ2v) is 4.69. The van der Waals surface area contributed by atoms with Crippen LogP contribution in [0.15, 0.2) is 18.2 Å². The summed E-state index contributed by atoms with van der Waals surface area (Å²) in [6.45, 7) is 7.31. The molecule has 1 amide bonds. The largest absolute Gasteiger partial charge is 0.399 e. The summed E-state index contributed by atoms with van der Waals surface area (Å²) in [5, 5.41) is 2.82. The van der Waals surface area contributed by atoms with Gasteiger partial charge in [-0.15, -0.1) is 0 Å². The third-order valence-electron chi connectivity index (χ3n) is 2.83. The second kappa shape index (κ2) is 8.55. The fourth-order valence-electron chi connectivity index (χ4n) is 1.61. The molecule has 0 aliphatic heterocycles. The molecular weight excluding hydrogens is 256 g/mol. The van der Waals surface area contributed by atoms with Gasteiger partial charge in [-0.25, -0.2) is 0 Å². The lowest BCUT2D eigenvalue weighted by molar-refractivity contribution is -0.127. The molecule has 1 aromatic rings. The maximum atomic E-state index is 12.0. The van der Waals surface area contributed by atoms with Gasteiger partial charge < -0.3 is 20.5 Å². The predicted molar refractivity (Wildman–Crippen MR) is 80.7 cm³/mol. The van der Waals surface area contributed by atoms with Crippen molar-refractivity contribution in [2.75, 3.05) is 30.9 Å². The average Bonchev–Trinajstić information content (AvgIpc) is 2.42. The van der Waals surface area contributed by atoms with Crippen molar-refractivity contribution >= 4 is 17.3 Å². The van der Waals surface area contributed by atoms with Crippen molar-refractivity contribution in [1.82, 2.24) is 0 Å². The summed E-state index contributed by atoms with van der Waals surface area (Å²) >= 11 is 0. The Morgan fingerprint density at radius 1 is 1.35 bits per heavy atom. The van der Waals surface area contributed by atoms with Crippen molar-refractivity contribution in [2.45, 2.75) is 33.3 Å². The Morgan fingerprint density at radius 3 is 2.80 bits per heavy atom. The monoisotopic (exact) mass is 280 g/mol. The second-order valence-electron chi connectivity index (χ2n) is 4.69. The number of benzene rings is 1. The number of rotatable bonds is 8. The molecule has 1 atom stereocenters. The number of nitrogen functional groups attached to an aromatic ring is 1. The molecule has 1 aromatic carbocycles. The Morgan fingerprint density at radius 2 is 2.10 bits per heavy atom. The van der Waals surface area contributed by atoms with Crippen molar-refractivity contribution in [3.8, 4) is 0 Å². The minimum absolute atomic E-state index is 0.186. The maximum absolute atomic E-state index is 12.0. The Kier molecular flexibility index (Phi) is 7.04. The molecule has 0 saturated heterocycles.